The summed E-state index contributed by atoms with van der Waals surface area (Å²) in [6.45, 7) is 3.08. The first-order valence-electron chi connectivity index (χ1n) is 7.15. The molecule has 4 rings (SSSR count). The van der Waals surface area contributed by atoms with Crippen LogP contribution in [0.3, 0.4) is 0 Å². The van der Waals surface area contributed by atoms with Gasteiger partial charge in [-0.25, -0.2) is 0 Å². The SMILES string of the molecule is CC1OC(C2CNCC2N2C(=O)c3ccccc3C2=O)O1. The van der Waals surface area contributed by atoms with Crippen LogP contribution < -0.4 is 5.32 Å². The molecular formula is C15H16N2O4. The average Bonchev–Trinajstić information content (AvgIpc) is 3.00. The van der Waals surface area contributed by atoms with E-state index in [1.165, 1.54) is 4.90 Å². The molecule has 1 N–H and O–H groups in total. The number of nitrogens with one attached hydrogen (secondary N) is 1. The first kappa shape index (κ1) is 12.9. The standard InChI is InChI=1S/C15H16N2O4/c1-8-20-15(21-8)11-6-16-7-12(11)17-13(18)9-4-2-3-5-10(9)14(17)19/h2-5,8,11-12,15-16H,6-7H2,1H3. The Bertz CT molecular complexity index is 576. The molecule has 2 saturated heterocycles. The maximum absolute atomic E-state index is 12.5. The second-order valence-corrected chi connectivity index (χ2v) is 5.62. The number of imide groups is 1. The van der Waals surface area contributed by atoms with E-state index in [1.807, 2.05) is 6.92 Å². The monoisotopic (exact) mass is 288 g/mol. The van der Waals surface area contributed by atoms with E-state index in [2.05, 4.69) is 5.32 Å². The zero-order chi connectivity index (χ0) is 14.6. The summed E-state index contributed by atoms with van der Waals surface area (Å²) in [5.41, 5.74) is 0.967. The fourth-order valence-electron chi connectivity index (χ4n) is 3.34. The Balaban J connectivity index is 1.62. The number of benzene rings is 1. The van der Waals surface area contributed by atoms with Crippen LogP contribution >= 0.6 is 0 Å². The van der Waals surface area contributed by atoms with Crippen LogP contribution in [0.4, 0.5) is 0 Å². The van der Waals surface area contributed by atoms with Crippen molar-refractivity contribution in [1.82, 2.24) is 10.2 Å². The van der Waals surface area contributed by atoms with Crippen LogP contribution in [0.2, 0.25) is 0 Å². The Kier molecular flexibility index (Phi) is 2.85. The number of hydrogen-bond acceptors (Lipinski definition) is 5. The topological polar surface area (TPSA) is 67.9 Å². The molecule has 2 amide bonds. The minimum Gasteiger partial charge on any atom is -0.324 e. The lowest BCUT2D eigenvalue weighted by Gasteiger charge is -2.40. The van der Waals surface area contributed by atoms with Gasteiger partial charge < -0.3 is 14.8 Å². The molecule has 0 radical (unpaired) electrons. The van der Waals surface area contributed by atoms with Crippen molar-refractivity contribution in [3.8, 4) is 0 Å². The lowest BCUT2D eigenvalue weighted by atomic mass is 10.0. The number of carbonyl (C=O) groups excluding carboxylic acids is 2. The number of ether oxygens (including phenoxy) is 2. The highest BCUT2D eigenvalue weighted by molar-refractivity contribution is 6.21. The summed E-state index contributed by atoms with van der Waals surface area (Å²) in [7, 11) is 0. The fraction of sp³-hybridized carbons (Fsp3) is 0.467. The van der Waals surface area contributed by atoms with Crippen molar-refractivity contribution in [2.24, 2.45) is 5.92 Å². The van der Waals surface area contributed by atoms with Gasteiger partial charge >= 0.3 is 0 Å². The summed E-state index contributed by atoms with van der Waals surface area (Å²) < 4.78 is 11.1. The predicted molar refractivity (Wildman–Crippen MR) is 72.5 cm³/mol. The average molecular weight is 288 g/mol. The Morgan fingerprint density at radius 3 is 2.29 bits per heavy atom. The van der Waals surface area contributed by atoms with Gasteiger partial charge in [0.1, 0.15) is 0 Å². The molecular weight excluding hydrogens is 272 g/mol. The van der Waals surface area contributed by atoms with Crippen molar-refractivity contribution in [3.63, 3.8) is 0 Å². The molecule has 6 heteroatoms. The maximum Gasteiger partial charge on any atom is 0.261 e. The summed E-state index contributed by atoms with van der Waals surface area (Å²) in [4.78, 5) is 26.4. The molecule has 1 aromatic rings. The van der Waals surface area contributed by atoms with Crippen molar-refractivity contribution in [2.45, 2.75) is 25.5 Å². The molecule has 2 unspecified atom stereocenters. The van der Waals surface area contributed by atoms with Crippen LogP contribution in [0.25, 0.3) is 0 Å². The minimum absolute atomic E-state index is 0.0246. The van der Waals surface area contributed by atoms with Gasteiger partial charge in [-0.05, 0) is 19.1 Å². The second-order valence-electron chi connectivity index (χ2n) is 5.62. The highest BCUT2D eigenvalue weighted by Gasteiger charge is 2.49. The lowest BCUT2D eigenvalue weighted by Crippen LogP contribution is -2.53. The van der Waals surface area contributed by atoms with Gasteiger partial charge in [0.05, 0.1) is 17.2 Å². The van der Waals surface area contributed by atoms with Crippen LogP contribution in [-0.2, 0) is 9.47 Å². The van der Waals surface area contributed by atoms with E-state index in [4.69, 9.17) is 9.47 Å². The molecule has 0 aliphatic carbocycles. The van der Waals surface area contributed by atoms with E-state index in [0.717, 1.165) is 0 Å². The summed E-state index contributed by atoms with van der Waals surface area (Å²) in [6, 6.07) is 6.72. The van der Waals surface area contributed by atoms with Crippen LogP contribution in [0, 0.1) is 5.92 Å². The predicted octanol–water partition coefficient (Wildman–Crippen LogP) is 0.589. The van der Waals surface area contributed by atoms with Gasteiger partial charge in [-0.15, -0.1) is 0 Å². The molecule has 1 aromatic carbocycles. The van der Waals surface area contributed by atoms with Gasteiger partial charge in [-0.2, -0.15) is 0 Å². The lowest BCUT2D eigenvalue weighted by molar-refractivity contribution is -0.392. The van der Waals surface area contributed by atoms with Gasteiger partial charge in [0.15, 0.2) is 12.6 Å². The third-order valence-corrected chi connectivity index (χ3v) is 4.39. The van der Waals surface area contributed by atoms with Gasteiger partial charge in [-0.1, -0.05) is 12.1 Å². The zero-order valence-corrected chi connectivity index (χ0v) is 11.6. The number of rotatable bonds is 2. The Labute approximate surface area is 122 Å². The fourth-order valence-corrected chi connectivity index (χ4v) is 3.34. The van der Waals surface area contributed by atoms with Crippen molar-refractivity contribution < 1.29 is 19.1 Å². The molecule has 0 aromatic heterocycles. The Morgan fingerprint density at radius 2 is 1.71 bits per heavy atom. The van der Waals surface area contributed by atoms with E-state index < -0.39 is 0 Å². The Hall–Kier alpha value is -1.76. The van der Waals surface area contributed by atoms with Crippen LogP contribution in [0.15, 0.2) is 24.3 Å². The molecule has 3 aliphatic heterocycles. The van der Waals surface area contributed by atoms with E-state index in [9.17, 15) is 9.59 Å². The highest BCUT2D eigenvalue weighted by atomic mass is 16.9. The van der Waals surface area contributed by atoms with Crippen molar-refractivity contribution >= 4 is 11.8 Å². The number of amides is 2. The normalized spacial score (nSPS) is 35.0. The molecule has 0 saturated carbocycles. The molecule has 6 nitrogen and oxygen atoms in total. The Morgan fingerprint density at radius 1 is 1.10 bits per heavy atom. The minimum atomic E-state index is -0.343. The van der Waals surface area contributed by atoms with Crippen LogP contribution in [0.5, 0.6) is 0 Å². The quantitative estimate of drug-likeness (QED) is 0.807. The van der Waals surface area contributed by atoms with E-state index >= 15 is 0 Å². The van der Waals surface area contributed by atoms with Crippen molar-refractivity contribution in [1.29, 1.82) is 0 Å². The number of fused-ring (bicyclic) bond motifs is 1. The molecule has 21 heavy (non-hydrogen) atoms. The van der Waals surface area contributed by atoms with Gasteiger partial charge in [0.2, 0.25) is 0 Å². The van der Waals surface area contributed by atoms with Gasteiger partial charge in [-0.3, -0.25) is 14.5 Å². The molecule has 0 spiro atoms. The first-order valence-corrected chi connectivity index (χ1v) is 7.15. The van der Waals surface area contributed by atoms with Gasteiger partial charge in [0.25, 0.3) is 11.8 Å². The van der Waals surface area contributed by atoms with E-state index in [1.54, 1.807) is 24.3 Å². The maximum atomic E-state index is 12.5. The summed E-state index contributed by atoms with van der Waals surface area (Å²) in [6.07, 6.45) is -0.553. The summed E-state index contributed by atoms with van der Waals surface area (Å²) >= 11 is 0. The third kappa shape index (κ3) is 1.83. The van der Waals surface area contributed by atoms with Crippen molar-refractivity contribution in [3.05, 3.63) is 35.4 Å². The smallest absolute Gasteiger partial charge is 0.261 e. The number of carbonyl (C=O) groups is 2. The van der Waals surface area contributed by atoms with Crippen LogP contribution in [-0.4, -0.2) is 48.4 Å². The number of nitrogens with zero attached hydrogens (tertiary/aromatic N) is 1. The van der Waals surface area contributed by atoms with Crippen molar-refractivity contribution in [2.75, 3.05) is 13.1 Å². The number of hydrogen-bond donors (Lipinski definition) is 1. The van der Waals surface area contributed by atoms with Gasteiger partial charge in [0, 0.05) is 19.0 Å². The summed E-state index contributed by atoms with van der Waals surface area (Å²) in [5, 5.41) is 3.23. The van der Waals surface area contributed by atoms with E-state index in [0.29, 0.717) is 24.2 Å². The van der Waals surface area contributed by atoms with Crippen LogP contribution in [0.1, 0.15) is 27.6 Å². The van der Waals surface area contributed by atoms with E-state index in [-0.39, 0.29) is 36.4 Å². The highest BCUT2D eigenvalue weighted by Crippen LogP contribution is 2.33. The molecule has 0 bridgehead atoms. The second kappa shape index (κ2) is 4.62. The molecule has 2 fully saturated rings. The molecule has 3 aliphatic rings. The summed E-state index contributed by atoms with van der Waals surface area (Å²) in [5.74, 6) is -0.466. The molecule has 110 valence electrons. The molecule has 3 heterocycles. The zero-order valence-electron chi connectivity index (χ0n) is 11.6. The third-order valence-electron chi connectivity index (χ3n) is 4.39. The first-order chi connectivity index (χ1) is 10.2. The largest absolute Gasteiger partial charge is 0.324 e. The molecule has 2 atom stereocenters.